The number of rotatable bonds is 5. The number of sulfonamides is 1. The van der Waals surface area contributed by atoms with E-state index in [4.69, 9.17) is 0 Å². The van der Waals surface area contributed by atoms with Crippen molar-refractivity contribution in [1.82, 2.24) is 9.21 Å². The molecule has 6 nitrogen and oxygen atoms in total. The second kappa shape index (κ2) is 7.70. The first-order chi connectivity index (χ1) is 12.0. The summed E-state index contributed by atoms with van der Waals surface area (Å²) >= 11 is 0. The zero-order valence-corrected chi connectivity index (χ0v) is 15.0. The molecule has 2 aliphatic heterocycles. The van der Waals surface area contributed by atoms with Crippen molar-refractivity contribution in [3.8, 4) is 0 Å². The molecule has 1 aromatic carbocycles. The summed E-state index contributed by atoms with van der Waals surface area (Å²) in [5, 5.41) is 0. The second-order valence-electron chi connectivity index (χ2n) is 6.49. The molecule has 138 valence electrons. The van der Waals surface area contributed by atoms with Gasteiger partial charge in [-0.2, -0.15) is 0 Å². The van der Waals surface area contributed by atoms with Crippen LogP contribution in [-0.2, 0) is 14.8 Å². The number of carbonyl (C=O) groups is 1. The first kappa shape index (κ1) is 18.1. The molecule has 0 aliphatic carbocycles. The second-order valence-corrected chi connectivity index (χ2v) is 8.58. The smallest absolute Gasteiger partial charge is 0.223 e. The van der Waals surface area contributed by atoms with Gasteiger partial charge in [-0.3, -0.25) is 4.79 Å². The van der Waals surface area contributed by atoms with Gasteiger partial charge in [-0.25, -0.2) is 17.1 Å². The lowest BCUT2D eigenvalue weighted by Gasteiger charge is -2.36. The van der Waals surface area contributed by atoms with Crippen LogP contribution >= 0.6 is 0 Å². The number of piperazine rings is 1. The lowest BCUT2D eigenvalue weighted by atomic mass is 10.2. The highest BCUT2D eigenvalue weighted by molar-refractivity contribution is 7.89. The van der Waals surface area contributed by atoms with Gasteiger partial charge in [-0.1, -0.05) is 12.1 Å². The van der Waals surface area contributed by atoms with Crippen molar-refractivity contribution in [3.05, 3.63) is 30.1 Å². The molecule has 0 aromatic heterocycles. The summed E-state index contributed by atoms with van der Waals surface area (Å²) in [6.45, 7) is 3.20. The minimum absolute atomic E-state index is 0.0124. The number of amides is 1. The summed E-state index contributed by atoms with van der Waals surface area (Å²) < 4.78 is 39.7. The molecule has 2 saturated heterocycles. The Morgan fingerprint density at radius 3 is 2.28 bits per heavy atom. The average molecular weight is 369 g/mol. The molecule has 3 rings (SSSR count). The Morgan fingerprint density at radius 2 is 1.64 bits per heavy atom. The Labute approximate surface area is 148 Å². The van der Waals surface area contributed by atoms with Crippen molar-refractivity contribution in [2.45, 2.75) is 19.3 Å². The molecule has 1 amide bonds. The van der Waals surface area contributed by atoms with Crippen LogP contribution in [-0.4, -0.2) is 68.6 Å². The van der Waals surface area contributed by atoms with Gasteiger partial charge in [0.2, 0.25) is 15.9 Å². The molecule has 0 unspecified atom stereocenters. The Kier molecular flexibility index (Phi) is 5.58. The van der Waals surface area contributed by atoms with Gasteiger partial charge in [0.05, 0.1) is 11.4 Å². The third kappa shape index (κ3) is 4.30. The predicted molar refractivity (Wildman–Crippen MR) is 94.4 cm³/mol. The lowest BCUT2D eigenvalue weighted by Crippen LogP contribution is -2.49. The number of nitrogens with zero attached hydrogens (tertiary/aromatic N) is 3. The van der Waals surface area contributed by atoms with Crippen molar-refractivity contribution >= 4 is 21.6 Å². The Balaban J connectivity index is 1.49. The highest BCUT2D eigenvalue weighted by Gasteiger charge is 2.28. The molecule has 0 radical (unpaired) electrons. The zero-order valence-electron chi connectivity index (χ0n) is 14.2. The molecule has 8 heteroatoms. The van der Waals surface area contributed by atoms with Crippen molar-refractivity contribution < 1.29 is 17.6 Å². The number of halogens is 1. The molecule has 0 atom stereocenters. The number of para-hydroxylation sites is 1. The van der Waals surface area contributed by atoms with Gasteiger partial charge in [0.15, 0.2) is 0 Å². The van der Waals surface area contributed by atoms with E-state index in [1.807, 2.05) is 4.90 Å². The molecule has 0 bridgehead atoms. The van der Waals surface area contributed by atoms with Gasteiger partial charge in [-0.05, 0) is 25.0 Å². The van der Waals surface area contributed by atoms with Gasteiger partial charge < -0.3 is 9.80 Å². The van der Waals surface area contributed by atoms with E-state index in [1.54, 1.807) is 23.1 Å². The fraction of sp³-hybridized carbons (Fsp3) is 0.588. The molecule has 0 saturated carbocycles. The van der Waals surface area contributed by atoms with Crippen molar-refractivity contribution in [1.29, 1.82) is 0 Å². The number of carbonyl (C=O) groups excluding carboxylic acids is 1. The predicted octanol–water partition coefficient (Wildman–Crippen LogP) is 1.29. The molecule has 2 aliphatic rings. The van der Waals surface area contributed by atoms with E-state index in [2.05, 4.69) is 0 Å². The fourth-order valence-electron chi connectivity index (χ4n) is 3.37. The van der Waals surface area contributed by atoms with E-state index in [1.165, 1.54) is 10.4 Å². The molecule has 0 N–H and O–H groups in total. The summed E-state index contributed by atoms with van der Waals surface area (Å²) in [4.78, 5) is 15.9. The van der Waals surface area contributed by atoms with E-state index < -0.39 is 10.0 Å². The topological polar surface area (TPSA) is 60.9 Å². The lowest BCUT2D eigenvalue weighted by molar-refractivity contribution is -0.131. The molecule has 2 heterocycles. The van der Waals surface area contributed by atoms with Crippen molar-refractivity contribution in [3.63, 3.8) is 0 Å². The van der Waals surface area contributed by atoms with Crippen LogP contribution in [0.25, 0.3) is 0 Å². The van der Waals surface area contributed by atoms with E-state index in [9.17, 15) is 17.6 Å². The van der Waals surface area contributed by atoms with Crippen LogP contribution in [0.1, 0.15) is 19.3 Å². The normalized spacial score (nSPS) is 19.4. The maximum absolute atomic E-state index is 13.8. The highest BCUT2D eigenvalue weighted by Crippen LogP contribution is 2.20. The molecular formula is C17H24FN3O3S. The van der Waals surface area contributed by atoms with Crippen LogP contribution in [0.2, 0.25) is 0 Å². The van der Waals surface area contributed by atoms with Crippen LogP contribution in [0.15, 0.2) is 24.3 Å². The third-order valence-corrected chi connectivity index (χ3v) is 6.73. The largest absolute Gasteiger partial charge is 0.366 e. The van der Waals surface area contributed by atoms with Crippen LogP contribution in [0.3, 0.4) is 0 Å². The van der Waals surface area contributed by atoms with Crippen molar-refractivity contribution in [2.75, 3.05) is 49.9 Å². The van der Waals surface area contributed by atoms with Crippen LogP contribution in [0.5, 0.6) is 0 Å². The molecule has 2 fully saturated rings. The molecule has 0 spiro atoms. The Morgan fingerprint density at radius 1 is 1.00 bits per heavy atom. The first-order valence-corrected chi connectivity index (χ1v) is 10.3. The maximum Gasteiger partial charge on any atom is 0.223 e. The van der Waals surface area contributed by atoms with E-state index in [-0.39, 0.29) is 23.9 Å². The van der Waals surface area contributed by atoms with Crippen LogP contribution in [0, 0.1) is 5.82 Å². The highest BCUT2D eigenvalue weighted by atomic mass is 32.2. The first-order valence-electron chi connectivity index (χ1n) is 8.72. The van der Waals surface area contributed by atoms with Crippen molar-refractivity contribution in [2.24, 2.45) is 0 Å². The molecule has 1 aromatic rings. The summed E-state index contributed by atoms with van der Waals surface area (Å²) in [5.41, 5.74) is 0.547. The number of hydrogen-bond donors (Lipinski definition) is 0. The SMILES string of the molecule is O=C(CCS(=O)(=O)N1CCCC1)N1CCN(c2ccccc2F)CC1. The van der Waals surface area contributed by atoms with E-state index >= 15 is 0 Å². The molecular weight excluding hydrogens is 345 g/mol. The van der Waals surface area contributed by atoms with E-state index in [0.29, 0.717) is 45.0 Å². The summed E-state index contributed by atoms with van der Waals surface area (Å²) in [6, 6.07) is 6.60. The molecule has 25 heavy (non-hydrogen) atoms. The van der Waals surface area contributed by atoms with Gasteiger partial charge in [0.1, 0.15) is 5.82 Å². The van der Waals surface area contributed by atoms with Gasteiger partial charge in [-0.15, -0.1) is 0 Å². The third-order valence-electron chi connectivity index (χ3n) is 4.86. The number of hydrogen-bond acceptors (Lipinski definition) is 4. The Bertz CT molecular complexity index is 712. The minimum atomic E-state index is -3.33. The van der Waals surface area contributed by atoms with E-state index in [0.717, 1.165) is 12.8 Å². The van der Waals surface area contributed by atoms with Gasteiger partial charge in [0, 0.05) is 45.7 Å². The van der Waals surface area contributed by atoms with Crippen LogP contribution in [0.4, 0.5) is 10.1 Å². The maximum atomic E-state index is 13.8. The summed E-state index contributed by atoms with van der Waals surface area (Å²) in [6.07, 6.45) is 1.80. The standard InChI is InChI=1S/C17H24FN3O3S/c18-15-5-1-2-6-16(15)19-10-12-20(13-11-19)17(22)7-14-25(23,24)21-8-3-4-9-21/h1-2,5-6H,3-4,7-14H2. The average Bonchev–Trinajstić information content (AvgIpc) is 3.16. The van der Waals surface area contributed by atoms with Gasteiger partial charge >= 0.3 is 0 Å². The summed E-state index contributed by atoms with van der Waals surface area (Å²) in [5.74, 6) is -0.533. The number of anilines is 1. The monoisotopic (exact) mass is 369 g/mol. The fourth-order valence-corrected chi connectivity index (χ4v) is 4.88. The van der Waals surface area contributed by atoms with Gasteiger partial charge in [0.25, 0.3) is 0 Å². The Hall–Kier alpha value is -1.67. The summed E-state index contributed by atoms with van der Waals surface area (Å²) in [7, 11) is -3.33. The number of benzene rings is 1. The van der Waals surface area contributed by atoms with Crippen LogP contribution < -0.4 is 4.90 Å². The zero-order chi connectivity index (χ0) is 17.9. The quantitative estimate of drug-likeness (QED) is 0.785. The minimum Gasteiger partial charge on any atom is -0.366 e.